The van der Waals surface area contributed by atoms with Crippen LogP contribution in [0.3, 0.4) is 0 Å². The number of fused-ring (bicyclic) bond motifs is 4. The van der Waals surface area contributed by atoms with Crippen molar-refractivity contribution in [3.05, 3.63) is 56.6 Å². The van der Waals surface area contributed by atoms with E-state index in [1.54, 1.807) is 0 Å². The monoisotopic (exact) mass is 382 g/mol. The minimum atomic E-state index is -1.97. The Morgan fingerprint density at radius 3 is 2.89 bits per heavy atom. The number of non-ortho nitro benzene ring substituents is 1. The van der Waals surface area contributed by atoms with Gasteiger partial charge in [-0.25, -0.2) is 4.79 Å². The molecule has 4 rings (SSSR count). The van der Waals surface area contributed by atoms with Gasteiger partial charge in [-0.15, -0.1) is 5.10 Å². The van der Waals surface area contributed by atoms with Crippen LogP contribution in [0.5, 0.6) is 5.88 Å². The molecule has 0 aliphatic carbocycles. The van der Waals surface area contributed by atoms with Crippen LogP contribution in [0.2, 0.25) is 0 Å². The van der Waals surface area contributed by atoms with Crippen LogP contribution in [0.4, 0.5) is 11.4 Å². The zero-order valence-corrected chi connectivity index (χ0v) is 14.1. The standard InChI is InChI=1S/C16H10N6O6/c1-27-14(23)11-10-13(21-20-11)28-12(18)8(5-17)16(10)7-4-6(22(25)26)2-3-9(7)19-15(16)24/h2-4H,18H2,1H3,(H,19,24)(H,20,21). The fraction of sp³-hybridized carbons (Fsp3) is 0.125. The molecule has 0 fully saturated rings. The molecule has 1 aromatic carbocycles. The number of carbonyl (C=O) groups excluding carboxylic acids is 2. The van der Waals surface area contributed by atoms with Crippen molar-refractivity contribution in [3.63, 3.8) is 0 Å². The number of nitrogens with two attached hydrogens (primary N) is 1. The van der Waals surface area contributed by atoms with Gasteiger partial charge in [0.15, 0.2) is 5.69 Å². The lowest BCUT2D eigenvalue weighted by Gasteiger charge is -2.31. The third-order valence-corrected chi connectivity index (χ3v) is 4.64. The van der Waals surface area contributed by atoms with Crippen LogP contribution in [-0.2, 0) is 14.9 Å². The first-order valence-corrected chi connectivity index (χ1v) is 7.72. The summed E-state index contributed by atoms with van der Waals surface area (Å²) in [7, 11) is 1.12. The molecule has 12 nitrogen and oxygen atoms in total. The van der Waals surface area contributed by atoms with Gasteiger partial charge in [0.2, 0.25) is 17.7 Å². The molecule has 1 amide bonds. The second-order valence-corrected chi connectivity index (χ2v) is 5.91. The Kier molecular flexibility index (Phi) is 3.37. The highest BCUT2D eigenvalue weighted by molar-refractivity contribution is 6.14. The second-order valence-electron chi connectivity index (χ2n) is 5.91. The summed E-state index contributed by atoms with van der Waals surface area (Å²) >= 11 is 0. The quantitative estimate of drug-likeness (QED) is 0.376. The smallest absolute Gasteiger partial charge is 0.356 e. The van der Waals surface area contributed by atoms with E-state index in [-0.39, 0.29) is 39.6 Å². The fourth-order valence-electron chi connectivity index (χ4n) is 3.50. The van der Waals surface area contributed by atoms with Crippen molar-refractivity contribution >= 4 is 23.3 Å². The molecule has 4 N–H and O–H groups in total. The van der Waals surface area contributed by atoms with Crippen molar-refractivity contribution in [1.29, 1.82) is 5.26 Å². The first kappa shape index (κ1) is 17.0. The molecule has 0 saturated heterocycles. The molecule has 0 saturated carbocycles. The number of amides is 1. The van der Waals surface area contributed by atoms with Crippen LogP contribution in [0.1, 0.15) is 21.6 Å². The molecular formula is C16H10N6O6. The number of hydrogen-bond donors (Lipinski definition) is 3. The number of hydrogen-bond acceptors (Lipinski definition) is 9. The highest BCUT2D eigenvalue weighted by Crippen LogP contribution is 2.54. The normalized spacial score (nSPS) is 19.4. The van der Waals surface area contributed by atoms with E-state index in [1.165, 1.54) is 12.1 Å². The first-order chi connectivity index (χ1) is 13.4. The number of rotatable bonds is 2. The maximum absolute atomic E-state index is 13.2. The zero-order chi connectivity index (χ0) is 20.2. The lowest BCUT2D eigenvalue weighted by molar-refractivity contribution is -0.384. The number of ether oxygens (including phenoxy) is 2. The molecular weight excluding hydrogens is 372 g/mol. The summed E-state index contributed by atoms with van der Waals surface area (Å²) in [6.07, 6.45) is 0. The van der Waals surface area contributed by atoms with E-state index in [0.29, 0.717) is 0 Å². The summed E-state index contributed by atoms with van der Waals surface area (Å²) in [6.45, 7) is 0. The molecule has 3 heterocycles. The minimum Gasteiger partial charge on any atom is -0.464 e. The lowest BCUT2D eigenvalue weighted by Crippen LogP contribution is -2.43. The van der Waals surface area contributed by atoms with E-state index in [9.17, 15) is 25.0 Å². The predicted molar refractivity (Wildman–Crippen MR) is 89.9 cm³/mol. The van der Waals surface area contributed by atoms with Crippen LogP contribution < -0.4 is 15.8 Å². The number of nitrogens with zero attached hydrogens (tertiary/aromatic N) is 3. The van der Waals surface area contributed by atoms with Crippen molar-refractivity contribution in [2.75, 3.05) is 12.4 Å². The number of nitro groups is 1. The van der Waals surface area contributed by atoms with Gasteiger partial charge in [-0.05, 0) is 6.07 Å². The fourth-order valence-corrected chi connectivity index (χ4v) is 3.50. The Morgan fingerprint density at radius 2 is 2.25 bits per heavy atom. The molecule has 28 heavy (non-hydrogen) atoms. The third-order valence-electron chi connectivity index (χ3n) is 4.64. The zero-order valence-electron chi connectivity index (χ0n) is 14.1. The van der Waals surface area contributed by atoms with Crippen LogP contribution in [0, 0.1) is 21.4 Å². The molecule has 1 atom stereocenters. The van der Waals surface area contributed by atoms with Gasteiger partial charge < -0.3 is 20.5 Å². The number of anilines is 1. The topological polar surface area (TPSA) is 186 Å². The minimum absolute atomic E-state index is 0.0716. The SMILES string of the molecule is COC(=O)c1[nH]nc2c1C1(C(=O)Nc3ccc([N+](=O)[O-])cc31)C(C#N)=C(N)O2. The Morgan fingerprint density at radius 1 is 1.50 bits per heavy atom. The molecule has 12 heteroatoms. The van der Waals surface area contributed by atoms with Gasteiger partial charge in [-0.3, -0.25) is 20.0 Å². The molecule has 0 radical (unpaired) electrons. The Hall–Kier alpha value is -4.40. The largest absolute Gasteiger partial charge is 0.464 e. The number of benzene rings is 1. The van der Waals surface area contributed by atoms with Crippen molar-refractivity contribution < 1.29 is 24.0 Å². The number of esters is 1. The Balaban J connectivity index is 2.15. The number of aromatic nitrogens is 2. The Bertz CT molecular complexity index is 1160. The molecule has 1 aromatic heterocycles. The summed E-state index contributed by atoms with van der Waals surface area (Å²) in [4.78, 5) is 36.0. The maximum Gasteiger partial charge on any atom is 0.356 e. The average Bonchev–Trinajstić information content (AvgIpc) is 3.21. The first-order valence-electron chi connectivity index (χ1n) is 7.72. The van der Waals surface area contributed by atoms with Crippen molar-refractivity contribution in [2.24, 2.45) is 5.73 Å². The lowest BCUT2D eigenvalue weighted by atomic mass is 9.69. The van der Waals surface area contributed by atoms with E-state index in [0.717, 1.165) is 13.2 Å². The summed E-state index contributed by atoms with van der Waals surface area (Å²) in [5.41, 5.74) is 3.17. The summed E-state index contributed by atoms with van der Waals surface area (Å²) in [6, 6.07) is 5.50. The van der Waals surface area contributed by atoms with Crippen LogP contribution in [0.15, 0.2) is 29.7 Å². The molecule has 0 bridgehead atoms. The highest BCUT2D eigenvalue weighted by Gasteiger charge is 2.59. The number of aromatic amines is 1. The molecule has 2 aromatic rings. The number of nitrogens with one attached hydrogen (secondary N) is 2. The number of nitro benzene ring substituents is 1. The van der Waals surface area contributed by atoms with Crippen molar-refractivity contribution in [2.45, 2.75) is 5.41 Å². The maximum atomic E-state index is 13.2. The molecule has 1 unspecified atom stereocenters. The van der Waals surface area contributed by atoms with E-state index >= 15 is 0 Å². The van der Waals surface area contributed by atoms with E-state index in [2.05, 4.69) is 15.5 Å². The van der Waals surface area contributed by atoms with Gasteiger partial charge >= 0.3 is 5.97 Å². The van der Waals surface area contributed by atoms with Crippen LogP contribution in [0.25, 0.3) is 0 Å². The highest BCUT2D eigenvalue weighted by atomic mass is 16.6. The molecule has 2 aliphatic rings. The van der Waals surface area contributed by atoms with E-state index in [4.69, 9.17) is 15.2 Å². The van der Waals surface area contributed by atoms with Gasteiger partial charge in [-0.1, -0.05) is 0 Å². The number of carbonyl (C=O) groups is 2. The van der Waals surface area contributed by atoms with Crippen molar-refractivity contribution in [3.8, 4) is 11.9 Å². The molecule has 2 aliphatic heterocycles. The molecule has 1 spiro atoms. The van der Waals surface area contributed by atoms with Gasteiger partial charge in [0, 0.05) is 23.4 Å². The van der Waals surface area contributed by atoms with Gasteiger partial charge in [0.1, 0.15) is 17.1 Å². The predicted octanol–water partition coefficient (Wildman–Crippen LogP) is 0.429. The average molecular weight is 382 g/mol. The summed E-state index contributed by atoms with van der Waals surface area (Å²) in [5.74, 6) is -2.24. The van der Waals surface area contributed by atoms with Gasteiger partial charge in [0.05, 0.1) is 17.6 Å². The van der Waals surface area contributed by atoms with Gasteiger partial charge in [-0.2, -0.15) is 5.26 Å². The Labute approximate surface area is 155 Å². The second kappa shape index (κ2) is 5.55. The van der Waals surface area contributed by atoms with E-state index < -0.39 is 28.1 Å². The van der Waals surface area contributed by atoms with Crippen molar-refractivity contribution in [1.82, 2.24) is 10.2 Å². The summed E-state index contributed by atoms with van der Waals surface area (Å²) in [5, 5.41) is 29.8. The summed E-state index contributed by atoms with van der Waals surface area (Å²) < 4.78 is 10.0. The number of methoxy groups -OCH3 is 1. The van der Waals surface area contributed by atoms with Crippen LogP contribution in [-0.4, -0.2) is 34.1 Å². The molecule has 140 valence electrons. The number of nitriles is 1. The van der Waals surface area contributed by atoms with E-state index in [1.807, 2.05) is 6.07 Å². The number of H-pyrrole nitrogens is 1. The van der Waals surface area contributed by atoms with Gasteiger partial charge in [0.25, 0.3) is 5.69 Å². The third kappa shape index (κ3) is 1.89. The van der Waals surface area contributed by atoms with Crippen LogP contribution >= 0.6 is 0 Å².